The van der Waals surface area contributed by atoms with Crippen LogP contribution in [0.15, 0.2) is 121 Å². The van der Waals surface area contributed by atoms with E-state index in [1.807, 2.05) is 10.9 Å². The minimum absolute atomic E-state index is 0. The Morgan fingerprint density at radius 2 is 0.873 bits per heavy atom. The monoisotopic (exact) mass is 2080 g/mol. The largest absolute Gasteiger partial charge is 0.634 e. The number of nitrogens with one attached hydrogen (secondary N) is 4. The molecule has 0 spiro atoms. The lowest BCUT2D eigenvalue weighted by molar-refractivity contribution is -1.14. The van der Waals surface area contributed by atoms with Crippen molar-refractivity contribution in [1.82, 2.24) is 84.0 Å². The van der Waals surface area contributed by atoms with Crippen LogP contribution in [0.3, 0.4) is 0 Å². The molecule has 3 saturated carbocycles. The van der Waals surface area contributed by atoms with Gasteiger partial charge in [-0.05, 0) is 156 Å². The molecule has 9 aromatic rings. The third kappa shape index (κ3) is 35.2. The Morgan fingerprint density at radius 1 is 0.460 bits per heavy atom. The first-order valence-electron chi connectivity index (χ1n) is 55.9. The number of nitrogens with two attached hydrogens (primary N) is 1. The molecule has 3 aliphatic carbocycles. The maximum Gasteiger partial charge on any atom is 0.269 e. The highest BCUT2D eigenvalue weighted by molar-refractivity contribution is 6.10. The molecule has 18 rings (SSSR count). The minimum Gasteiger partial charge on any atom is -0.634 e. The van der Waals surface area contributed by atoms with Gasteiger partial charge >= 0.3 is 0 Å². The van der Waals surface area contributed by atoms with Crippen molar-refractivity contribution < 1.29 is 44.7 Å². The molecule has 4 aromatic carbocycles. The van der Waals surface area contributed by atoms with Crippen molar-refractivity contribution in [2.45, 2.75) is 338 Å². The van der Waals surface area contributed by atoms with E-state index in [9.17, 15) is 41.4 Å². The third-order valence-corrected chi connectivity index (χ3v) is 31.0. The summed E-state index contributed by atoms with van der Waals surface area (Å²) in [6.45, 7) is 66.7. The smallest absolute Gasteiger partial charge is 0.269 e. The van der Waals surface area contributed by atoms with E-state index in [1.54, 1.807) is 19.4 Å². The number of aliphatic hydroxyl groups excluding tert-OH is 3. The second kappa shape index (κ2) is 53.2. The third-order valence-electron chi connectivity index (χ3n) is 31.0. The number of benzene rings is 4. The Hall–Kier alpha value is -8.63. The number of likely N-dealkylation sites (N-methyl/N-ethyl adjacent to an activating group) is 3. The van der Waals surface area contributed by atoms with Gasteiger partial charge in [-0.2, -0.15) is 39.2 Å². The number of quaternary nitrogens is 5. The van der Waals surface area contributed by atoms with E-state index in [0.717, 1.165) is 244 Å². The SMILES string of the molecule is C.CC(C)(C)N1CCNCC1.CC(C)(C)c1ccc(CN2CC[N+](C)([O-])CC2)cc1.CC(C)(C)c1ccc(C[N+]2(O)CC[NH+]([O-])CC2)cc1.CC(C)(C)c1nn(C2CCC(O)CC2)c2nc(N)ncc12.CCCCNc1ncc2c(-c3ccc(CN4CCN(C)CC4)cc3)nn(C3CCC(O)CC3)c2n1.CCCCNc1ncc2c(n1)[N@+]([O-])(C1CCC(O)CC1)N=C2C(C)(C)C.CN1CC[N+](O)(Cc2ccc(C(C)(C)C)cc2)CC1. The number of aliphatic hydroxyl groups is 3. The molecule has 11 N–H and O–H groups in total. The highest BCUT2D eigenvalue weighted by Gasteiger charge is 2.48. The van der Waals surface area contributed by atoms with Gasteiger partial charge in [0.05, 0.1) is 80.1 Å². The number of rotatable bonds is 20. The van der Waals surface area contributed by atoms with E-state index in [4.69, 9.17) is 20.9 Å². The topological polar surface area (TPSA) is 378 Å². The summed E-state index contributed by atoms with van der Waals surface area (Å²) in [5, 5.41) is 114. The molecule has 0 bridgehead atoms. The number of nitrogens with zero attached hydrogens (tertiary/aromatic N) is 20. The van der Waals surface area contributed by atoms with Gasteiger partial charge in [-0.25, -0.2) is 34.7 Å². The van der Waals surface area contributed by atoms with Crippen LogP contribution >= 0.6 is 0 Å². The van der Waals surface area contributed by atoms with E-state index in [0.29, 0.717) is 94.8 Å². The maximum atomic E-state index is 13.9. The fraction of sp³-hybridized carbons (Fsp3) is 0.667. The van der Waals surface area contributed by atoms with Gasteiger partial charge < -0.3 is 67.2 Å². The van der Waals surface area contributed by atoms with Crippen molar-refractivity contribution in [3.05, 3.63) is 181 Å². The molecule has 5 saturated heterocycles. The van der Waals surface area contributed by atoms with Crippen LogP contribution in [0, 0.1) is 21.0 Å². The standard InChI is InChI=1S/C27H39N7O.C19H31N5O2.C16H26N2O.C16H27N2O.C15H23N5O.C15H25N2O2.C8H18N2.CH4/c1-3-4-13-28-27-29-18-24-25(31-34(26(24)30-27)22-9-11-23(35)12-10-22)21-7-5-20(6-8-21)19-33-16-14-32(2)15-17-33;1-5-6-11-20-18-21-12-15-16(19(2,3)4)23-24(26,17(15)22-18)13-7-9-14(25)10-8-13;1-16(2,3)15-7-5-14(6-8-15)13-17-9-11-18(4,19)12-10-17;1-16(2,3)15-7-5-14(6-8-15)13-18(19)11-9-17(4)10-12-18;1-15(2,3)12-11-8-17-14(16)18-13(11)20(19-12)9-4-6-10(21)7-5-9;1-15(2,3)14-6-4-13(5-7-14)12-17(19)10-8-16(18)9-11-17;1-8(2,3)10-6-4-9-5-7-10;/h5-8,18,22-23,35H,3-4,9-17,19H2,1-2H3,(H,28,29,30);12-14,25H,5-11H2,1-4H3,(H,20,21,22);5-8H,9-13H2,1-4H3;5-8,19H,9-13H2,1-4H3;8-10,21H,4-7H2,1-3H3,(H2,16,17,18);4-7,16,19H,8-12H2,1-3H3;9H,4-7H2,1-3H3;1H4/q;;;+1;;+1;;/t;13?,14?,24-;;;;;;/m.1....../s1. The van der Waals surface area contributed by atoms with Crippen molar-refractivity contribution >= 4 is 51.4 Å². The molecule has 150 heavy (non-hydrogen) atoms. The van der Waals surface area contributed by atoms with E-state index in [-0.39, 0.29) is 95.9 Å². The molecule has 0 unspecified atom stereocenters. The number of anilines is 3. The fourth-order valence-electron chi connectivity index (χ4n) is 20.8. The van der Waals surface area contributed by atoms with Gasteiger partial charge in [0.15, 0.2) is 24.4 Å². The molecule has 5 aromatic heterocycles. The Bertz CT molecular complexity index is 5510. The van der Waals surface area contributed by atoms with Crippen molar-refractivity contribution in [1.29, 1.82) is 0 Å². The van der Waals surface area contributed by atoms with Gasteiger partial charge in [-0.1, -0.05) is 240 Å². The first-order chi connectivity index (χ1) is 70.1. The second-order valence-electron chi connectivity index (χ2n) is 50.2. The number of nitrogen functional groups attached to an aromatic ring is 1. The molecular weight excluding hydrogens is 1880 g/mol. The molecule has 0 radical (unpaired) electrons. The summed E-state index contributed by atoms with van der Waals surface area (Å²) in [5.74, 6) is 1.89. The second-order valence-corrected chi connectivity index (χ2v) is 50.2. The zero-order valence-corrected chi connectivity index (χ0v) is 95.1. The Morgan fingerprint density at radius 3 is 1.32 bits per heavy atom. The Balaban J connectivity index is 0.000000170. The van der Waals surface area contributed by atoms with Crippen LogP contribution in [0.1, 0.15) is 311 Å². The summed E-state index contributed by atoms with van der Waals surface area (Å²) < 4.78 is 3.43. The summed E-state index contributed by atoms with van der Waals surface area (Å²) in [4.78, 5) is 39.1. The highest BCUT2D eigenvalue weighted by Crippen LogP contribution is 2.45. The van der Waals surface area contributed by atoms with Crippen LogP contribution in [0.25, 0.3) is 33.3 Å². The van der Waals surface area contributed by atoms with Gasteiger partial charge in [0.2, 0.25) is 17.8 Å². The number of fused-ring (bicyclic) bond motifs is 3. The number of unbranched alkanes of at least 4 members (excludes halogenated alkanes) is 2. The fourth-order valence-corrected chi connectivity index (χ4v) is 20.8. The molecule has 11 heterocycles. The predicted octanol–water partition coefficient (Wildman–Crippen LogP) is 17.5. The lowest BCUT2D eigenvalue weighted by atomic mass is 9.86. The Labute approximate surface area is 898 Å². The number of aromatic nitrogens is 10. The number of hydrogen-bond acceptors (Lipinski definition) is 26. The first kappa shape index (κ1) is 122. The highest BCUT2D eigenvalue weighted by atomic mass is 16.6. The van der Waals surface area contributed by atoms with Crippen molar-refractivity contribution in [3.63, 3.8) is 0 Å². The van der Waals surface area contributed by atoms with Crippen LogP contribution in [-0.2, 0) is 47.8 Å². The van der Waals surface area contributed by atoms with E-state index >= 15 is 0 Å². The maximum absolute atomic E-state index is 13.9. The van der Waals surface area contributed by atoms with Gasteiger partial charge in [0, 0.05) is 156 Å². The molecule has 6 aliphatic heterocycles. The van der Waals surface area contributed by atoms with E-state index in [1.165, 1.54) is 46.5 Å². The number of hydroxylamine groups is 12. The van der Waals surface area contributed by atoms with Crippen LogP contribution in [0.4, 0.5) is 23.7 Å². The number of piperazine rings is 5. The summed E-state index contributed by atoms with van der Waals surface area (Å²) in [7, 11) is 6.08. The van der Waals surface area contributed by atoms with Gasteiger partial charge in [-0.3, -0.25) is 19.6 Å². The normalized spacial score (nSPS) is 23.7. The zero-order chi connectivity index (χ0) is 108. The molecule has 33 heteroatoms. The van der Waals surface area contributed by atoms with Crippen LogP contribution in [0.5, 0.6) is 0 Å². The summed E-state index contributed by atoms with van der Waals surface area (Å²) in [6, 6.07) is 35.2. The van der Waals surface area contributed by atoms with Gasteiger partial charge in [0.25, 0.3) is 5.82 Å². The number of hydrogen-bond donors (Lipinski definition) is 10. The molecule has 0 amide bonds. The summed E-state index contributed by atoms with van der Waals surface area (Å²) in [5.41, 5.74) is 21.7. The van der Waals surface area contributed by atoms with E-state index < -0.39 is 4.76 Å². The predicted molar refractivity (Wildman–Crippen MR) is 611 cm³/mol. The summed E-state index contributed by atoms with van der Waals surface area (Å²) >= 11 is 0. The van der Waals surface area contributed by atoms with Crippen LogP contribution in [-0.4, -0.2) is 314 Å². The van der Waals surface area contributed by atoms with Crippen molar-refractivity contribution in [3.8, 4) is 11.3 Å². The van der Waals surface area contributed by atoms with Crippen LogP contribution < -0.4 is 31.5 Å². The van der Waals surface area contributed by atoms with E-state index in [2.05, 4.69) is 325 Å². The van der Waals surface area contributed by atoms with Gasteiger partial charge in [0.1, 0.15) is 62.3 Å². The van der Waals surface area contributed by atoms with Crippen LogP contribution in [0.2, 0.25) is 0 Å². The molecule has 1 atom stereocenters. The molecule has 8 fully saturated rings. The van der Waals surface area contributed by atoms with Crippen molar-refractivity contribution in [2.24, 2.45) is 10.5 Å². The lowest BCUT2D eigenvalue weighted by Crippen LogP contribution is -3.11. The molecule has 9 aliphatic rings. The molecular formula is C117H193N25O8+2. The van der Waals surface area contributed by atoms with Gasteiger partial charge in [-0.15, -0.1) is 0 Å². The van der Waals surface area contributed by atoms with Crippen molar-refractivity contribution in [2.75, 3.05) is 181 Å². The minimum atomic E-state index is -0.764. The molecule has 33 nitrogen and oxygen atoms in total. The Kier molecular flexibility index (Phi) is 43.1. The lowest BCUT2D eigenvalue weighted by Gasteiger charge is -2.45. The zero-order valence-electron chi connectivity index (χ0n) is 95.1. The first-order valence-corrected chi connectivity index (χ1v) is 55.9. The molecule has 832 valence electrons. The average molecular weight is 2080 g/mol. The average Bonchev–Trinajstić information content (AvgIpc) is 1.58. The summed E-state index contributed by atoms with van der Waals surface area (Å²) in [6.07, 6.45) is 18.7. The quantitative estimate of drug-likeness (QED) is 0.0192.